The SMILES string of the molecule is CCNc1cncc(NCC(C)C2CC2)c1. The molecule has 1 aromatic heterocycles. The highest BCUT2D eigenvalue weighted by atomic mass is 14.9. The summed E-state index contributed by atoms with van der Waals surface area (Å²) in [4.78, 5) is 4.22. The van der Waals surface area contributed by atoms with Crippen molar-refractivity contribution in [2.24, 2.45) is 11.8 Å². The van der Waals surface area contributed by atoms with Gasteiger partial charge in [0.1, 0.15) is 0 Å². The summed E-state index contributed by atoms with van der Waals surface area (Å²) < 4.78 is 0. The largest absolute Gasteiger partial charge is 0.384 e. The van der Waals surface area contributed by atoms with E-state index in [1.807, 2.05) is 12.4 Å². The third-order valence-corrected chi connectivity index (χ3v) is 3.17. The first kappa shape index (κ1) is 11.2. The lowest BCUT2D eigenvalue weighted by molar-refractivity contribution is 0.536. The standard InChI is InChI=1S/C13H21N3/c1-3-15-12-6-13(9-14-8-12)16-7-10(2)11-4-5-11/h6,8-11,15-16H,3-5,7H2,1-2H3. The van der Waals surface area contributed by atoms with Gasteiger partial charge in [-0.25, -0.2) is 0 Å². The average Bonchev–Trinajstić information content (AvgIpc) is 3.11. The first-order valence-corrected chi connectivity index (χ1v) is 6.22. The number of rotatable bonds is 6. The zero-order valence-corrected chi connectivity index (χ0v) is 10.2. The van der Waals surface area contributed by atoms with E-state index >= 15 is 0 Å². The molecule has 0 radical (unpaired) electrons. The first-order chi connectivity index (χ1) is 7.79. The van der Waals surface area contributed by atoms with Gasteiger partial charge in [0.2, 0.25) is 0 Å². The molecule has 0 spiro atoms. The summed E-state index contributed by atoms with van der Waals surface area (Å²) in [5.74, 6) is 1.74. The fourth-order valence-corrected chi connectivity index (χ4v) is 1.95. The molecule has 0 bridgehead atoms. The predicted octanol–water partition coefficient (Wildman–Crippen LogP) is 2.97. The Balaban J connectivity index is 1.85. The van der Waals surface area contributed by atoms with Gasteiger partial charge in [-0.15, -0.1) is 0 Å². The molecule has 1 saturated carbocycles. The van der Waals surface area contributed by atoms with Gasteiger partial charge in [0, 0.05) is 13.1 Å². The topological polar surface area (TPSA) is 37.0 Å². The molecule has 1 heterocycles. The number of hydrogen-bond acceptors (Lipinski definition) is 3. The van der Waals surface area contributed by atoms with Gasteiger partial charge in [-0.3, -0.25) is 4.98 Å². The summed E-state index contributed by atoms with van der Waals surface area (Å²) in [5, 5.41) is 6.73. The normalized spacial score (nSPS) is 16.9. The van der Waals surface area contributed by atoms with Gasteiger partial charge < -0.3 is 10.6 Å². The predicted molar refractivity (Wildman–Crippen MR) is 68.8 cm³/mol. The van der Waals surface area contributed by atoms with Gasteiger partial charge in [-0.1, -0.05) is 6.92 Å². The number of anilines is 2. The van der Waals surface area contributed by atoms with Crippen LogP contribution in [0.1, 0.15) is 26.7 Å². The van der Waals surface area contributed by atoms with Crippen LogP contribution in [0.15, 0.2) is 18.5 Å². The van der Waals surface area contributed by atoms with Crippen LogP contribution in [0, 0.1) is 11.8 Å². The van der Waals surface area contributed by atoms with Crippen LogP contribution in [0.5, 0.6) is 0 Å². The molecule has 0 aromatic carbocycles. The van der Waals surface area contributed by atoms with E-state index in [0.29, 0.717) is 0 Å². The summed E-state index contributed by atoms with van der Waals surface area (Å²) >= 11 is 0. The lowest BCUT2D eigenvalue weighted by Crippen LogP contribution is -2.13. The quantitative estimate of drug-likeness (QED) is 0.772. The van der Waals surface area contributed by atoms with Gasteiger partial charge in [-0.05, 0) is 37.7 Å². The van der Waals surface area contributed by atoms with Crippen molar-refractivity contribution in [3.05, 3.63) is 18.5 Å². The molecule has 2 rings (SSSR count). The lowest BCUT2D eigenvalue weighted by Gasteiger charge is -2.13. The minimum Gasteiger partial charge on any atom is -0.384 e. The van der Waals surface area contributed by atoms with E-state index in [9.17, 15) is 0 Å². The first-order valence-electron chi connectivity index (χ1n) is 6.22. The van der Waals surface area contributed by atoms with Crippen molar-refractivity contribution < 1.29 is 0 Å². The van der Waals surface area contributed by atoms with Crippen LogP contribution < -0.4 is 10.6 Å². The molecule has 88 valence electrons. The second-order valence-electron chi connectivity index (χ2n) is 4.69. The molecule has 1 aliphatic carbocycles. The number of aromatic nitrogens is 1. The van der Waals surface area contributed by atoms with Crippen molar-refractivity contribution in [3.8, 4) is 0 Å². The van der Waals surface area contributed by atoms with Crippen LogP contribution in [0.2, 0.25) is 0 Å². The Morgan fingerprint density at radius 3 is 2.62 bits per heavy atom. The number of nitrogens with one attached hydrogen (secondary N) is 2. The maximum absolute atomic E-state index is 4.22. The fourth-order valence-electron chi connectivity index (χ4n) is 1.95. The summed E-state index contributed by atoms with van der Waals surface area (Å²) in [7, 11) is 0. The van der Waals surface area contributed by atoms with Crippen LogP contribution in [0.25, 0.3) is 0 Å². The molecule has 1 aromatic rings. The van der Waals surface area contributed by atoms with Crippen LogP contribution in [0.4, 0.5) is 11.4 Å². The van der Waals surface area contributed by atoms with Crippen LogP contribution in [0.3, 0.4) is 0 Å². The van der Waals surface area contributed by atoms with Crippen molar-refractivity contribution in [2.75, 3.05) is 23.7 Å². The van der Waals surface area contributed by atoms with E-state index < -0.39 is 0 Å². The smallest absolute Gasteiger partial charge is 0.0547 e. The molecule has 1 aliphatic rings. The summed E-state index contributed by atoms with van der Waals surface area (Å²) in [6.45, 7) is 6.41. The molecule has 3 nitrogen and oxygen atoms in total. The Kier molecular flexibility index (Phi) is 3.65. The number of pyridine rings is 1. The average molecular weight is 219 g/mol. The van der Waals surface area contributed by atoms with Crippen LogP contribution >= 0.6 is 0 Å². The third kappa shape index (κ3) is 3.12. The minimum absolute atomic E-state index is 0.780. The molecule has 0 aliphatic heterocycles. The van der Waals surface area contributed by atoms with E-state index in [-0.39, 0.29) is 0 Å². The molecule has 1 fully saturated rings. The molecule has 1 unspecified atom stereocenters. The van der Waals surface area contributed by atoms with Gasteiger partial charge in [0.25, 0.3) is 0 Å². The Labute approximate surface area is 97.7 Å². The molecule has 0 amide bonds. The maximum Gasteiger partial charge on any atom is 0.0547 e. The second-order valence-corrected chi connectivity index (χ2v) is 4.69. The Morgan fingerprint density at radius 1 is 1.31 bits per heavy atom. The maximum atomic E-state index is 4.22. The van der Waals surface area contributed by atoms with Gasteiger partial charge in [0.15, 0.2) is 0 Å². The highest BCUT2D eigenvalue weighted by molar-refractivity contribution is 5.53. The summed E-state index contributed by atoms with van der Waals surface area (Å²) in [6, 6.07) is 2.12. The van der Waals surface area contributed by atoms with Crippen LogP contribution in [-0.2, 0) is 0 Å². The van der Waals surface area contributed by atoms with E-state index in [1.165, 1.54) is 12.8 Å². The highest BCUT2D eigenvalue weighted by Gasteiger charge is 2.27. The van der Waals surface area contributed by atoms with Crippen molar-refractivity contribution in [1.29, 1.82) is 0 Å². The van der Waals surface area contributed by atoms with Gasteiger partial charge in [-0.2, -0.15) is 0 Å². The second kappa shape index (κ2) is 5.19. The summed E-state index contributed by atoms with van der Waals surface area (Å²) in [5.41, 5.74) is 2.21. The molecule has 3 heteroatoms. The van der Waals surface area contributed by atoms with E-state index in [2.05, 4.69) is 35.5 Å². The van der Waals surface area contributed by atoms with E-state index in [4.69, 9.17) is 0 Å². The molecule has 1 atom stereocenters. The molecular formula is C13H21N3. The van der Waals surface area contributed by atoms with E-state index in [0.717, 1.165) is 36.3 Å². The third-order valence-electron chi connectivity index (χ3n) is 3.17. The molecule has 0 saturated heterocycles. The fraction of sp³-hybridized carbons (Fsp3) is 0.615. The summed E-state index contributed by atoms with van der Waals surface area (Å²) in [6.07, 6.45) is 6.58. The van der Waals surface area contributed by atoms with Crippen LogP contribution in [-0.4, -0.2) is 18.1 Å². The van der Waals surface area contributed by atoms with Crippen molar-refractivity contribution in [2.45, 2.75) is 26.7 Å². The Hall–Kier alpha value is -1.25. The highest BCUT2D eigenvalue weighted by Crippen LogP contribution is 2.36. The van der Waals surface area contributed by atoms with Crippen molar-refractivity contribution in [3.63, 3.8) is 0 Å². The minimum atomic E-state index is 0.780. The van der Waals surface area contributed by atoms with Crippen molar-refractivity contribution >= 4 is 11.4 Å². The lowest BCUT2D eigenvalue weighted by atomic mass is 10.1. The molecular weight excluding hydrogens is 198 g/mol. The monoisotopic (exact) mass is 219 g/mol. The number of hydrogen-bond donors (Lipinski definition) is 2. The van der Waals surface area contributed by atoms with Gasteiger partial charge in [0.05, 0.1) is 23.8 Å². The van der Waals surface area contributed by atoms with Crippen molar-refractivity contribution in [1.82, 2.24) is 4.98 Å². The zero-order valence-electron chi connectivity index (χ0n) is 10.2. The Bertz CT molecular complexity index is 334. The Morgan fingerprint density at radius 2 is 2.00 bits per heavy atom. The molecule has 16 heavy (non-hydrogen) atoms. The van der Waals surface area contributed by atoms with E-state index in [1.54, 1.807) is 0 Å². The zero-order chi connectivity index (χ0) is 11.4. The number of nitrogens with zero attached hydrogens (tertiary/aromatic N) is 1. The van der Waals surface area contributed by atoms with Gasteiger partial charge >= 0.3 is 0 Å². The molecule has 2 N–H and O–H groups in total.